The molecule has 3 nitrogen and oxygen atoms in total. The molecule has 0 aromatic heterocycles. The molecule has 0 aliphatic heterocycles. The molecule has 0 amide bonds. The summed E-state index contributed by atoms with van der Waals surface area (Å²) in [5.41, 5.74) is 2.16. The minimum Gasteiger partial charge on any atom is -0.497 e. The molecule has 0 atom stereocenters. The third-order valence-electron chi connectivity index (χ3n) is 2.07. The molecule has 0 aliphatic carbocycles. The van der Waals surface area contributed by atoms with Crippen LogP contribution in [-0.2, 0) is 6.42 Å². The van der Waals surface area contributed by atoms with Crippen molar-refractivity contribution in [2.75, 3.05) is 25.6 Å². The van der Waals surface area contributed by atoms with Gasteiger partial charge in [0.25, 0.3) is 0 Å². The number of hydrogen-bond donors (Lipinski definition) is 2. The Bertz CT molecular complexity index is 287. The van der Waals surface area contributed by atoms with Crippen LogP contribution in [0.25, 0.3) is 0 Å². The van der Waals surface area contributed by atoms with Crippen molar-refractivity contribution in [2.45, 2.75) is 13.3 Å². The van der Waals surface area contributed by atoms with E-state index in [1.807, 2.05) is 25.1 Å². The average Bonchev–Trinajstić information content (AvgIpc) is 2.21. The second-order valence-electron chi connectivity index (χ2n) is 3.03. The number of methoxy groups -OCH3 is 1. The van der Waals surface area contributed by atoms with E-state index in [1.54, 1.807) is 7.11 Å². The second kappa shape index (κ2) is 5.50. The zero-order valence-electron chi connectivity index (χ0n) is 8.71. The molecule has 3 heteroatoms. The molecule has 0 heterocycles. The molecule has 0 spiro atoms. The first-order chi connectivity index (χ1) is 6.81. The van der Waals surface area contributed by atoms with Crippen LogP contribution in [0.4, 0.5) is 5.69 Å². The quantitative estimate of drug-likeness (QED) is 0.750. The molecule has 1 aromatic rings. The van der Waals surface area contributed by atoms with Gasteiger partial charge in [0.1, 0.15) is 5.75 Å². The summed E-state index contributed by atoms with van der Waals surface area (Å²) in [4.78, 5) is 0. The Morgan fingerprint density at radius 3 is 2.79 bits per heavy atom. The molecule has 2 N–H and O–H groups in total. The average molecular weight is 195 g/mol. The van der Waals surface area contributed by atoms with Gasteiger partial charge >= 0.3 is 0 Å². The lowest BCUT2D eigenvalue weighted by atomic mass is 10.1. The molecule has 78 valence electrons. The summed E-state index contributed by atoms with van der Waals surface area (Å²) in [6.07, 6.45) is 0.673. The second-order valence-corrected chi connectivity index (χ2v) is 3.03. The maximum absolute atomic E-state index is 8.88. The van der Waals surface area contributed by atoms with Gasteiger partial charge in [0.2, 0.25) is 0 Å². The lowest BCUT2D eigenvalue weighted by Crippen LogP contribution is -2.02. The topological polar surface area (TPSA) is 41.5 Å². The Hall–Kier alpha value is -1.22. The van der Waals surface area contributed by atoms with Crippen LogP contribution in [0.15, 0.2) is 18.2 Å². The number of rotatable bonds is 5. The van der Waals surface area contributed by atoms with Crippen LogP contribution in [0.5, 0.6) is 5.75 Å². The zero-order chi connectivity index (χ0) is 10.4. The Kier molecular flexibility index (Phi) is 4.26. The summed E-state index contributed by atoms with van der Waals surface area (Å²) in [7, 11) is 1.65. The van der Waals surface area contributed by atoms with E-state index in [1.165, 1.54) is 0 Å². The number of hydrogen-bond acceptors (Lipinski definition) is 3. The highest BCUT2D eigenvalue weighted by atomic mass is 16.5. The van der Waals surface area contributed by atoms with Gasteiger partial charge < -0.3 is 15.2 Å². The molecule has 0 radical (unpaired) electrons. The van der Waals surface area contributed by atoms with Crippen molar-refractivity contribution in [1.82, 2.24) is 0 Å². The molecule has 0 saturated heterocycles. The summed E-state index contributed by atoms with van der Waals surface area (Å²) in [5, 5.41) is 12.1. The highest BCUT2D eigenvalue weighted by Gasteiger charge is 2.02. The molecule has 0 fully saturated rings. The number of aliphatic hydroxyl groups excluding tert-OH is 1. The summed E-state index contributed by atoms with van der Waals surface area (Å²) in [6.45, 7) is 3.08. The van der Waals surface area contributed by atoms with Crippen molar-refractivity contribution in [3.8, 4) is 5.75 Å². The van der Waals surface area contributed by atoms with Crippen LogP contribution < -0.4 is 10.1 Å². The molecular formula is C11H17NO2. The van der Waals surface area contributed by atoms with E-state index in [9.17, 15) is 0 Å². The third kappa shape index (κ3) is 2.64. The monoisotopic (exact) mass is 195 g/mol. The largest absolute Gasteiger partial charge is 0.497 e. The van der Waals surface area contributed by atoms with Gasteiger partial charge in [-0.2, -0.15) is 0 Å². The molecule has 14 heavy (non-hydrogen) atoms. The highest BCUT2D eigenvalue weighted by Crippen LogP contribution is 2.22. The smallest absolute Gasteiger partial charge is 0.120 e. The van der Waals surface area contributed by atoms with Crippen LogP contribution in [0.3, 0.4) is 0 Å². The van der Waals surface area contributed by atoms with Crippen molar-refractivity contribution in [1.29, 1.82) is 0 Å². The van der Waals surface area contributed by atoms with Crippen LogP contribution in [-0.4, -0.2) is 25.4 Å². The molecule has 1 rings (SSSR count). The summed E-state index contributed by atoms with van der Waals surface area (Å²) in [5.74, 6) is 0.836. The molecule has 0 unspecified atom stereocenters. The van der Waals surface area contributed by atoms with E-state index in [0.717, 1.165) is 23.5 Å². The third-order valence-corrected chi connectivity index (χ3v) is 2.07. The molecule has 1 aromatic carbocycles. The number of anilines is 1. The van der Waals surface area contributed by atoms with E-state index in [4.69, 9.17) is 9.84 Å². The van der Waals surface area contributed by atoms with Crippen molar-refractivity contribution in [3.05, 3.63) is 23.8 Å². The maximum Gasteiger partial charge on any atom is 0.120 e. The first-order valence-electron chi connectivity index (χ1n) is 4.83. The van der Waals surface area contributed by atoms with Crippen molar-refractivity contribution < 1.29 is 9.84 Å². The Balaban J connectivity index is 2.91. The van der Waals surface area contributed by atoms with E-state index >= 15 is 0 Å². The van der Waals surface area contributed by atoms with Crippen LogP contribution in [0, 0.1) is 0 Å². The first-order valence-corrected chi connectivity index (χ1v) is 4.83. The van der Waals surface area contributed by atoms with Crippen molar-refractivity contribution >= 4 is 5.69 Å². The van der Waals surface area contributed by atoms with E-state index in [2.05, 4.69) is 5.32 Å². The summed E-state index contributed by atoms with van der Waals surface area (Å²) in [6, 6.07) is 5.84. The standard InChI is InChI=1S/C11H17NO2/c1-3-12-11-8-10(14-2)5-4-9(11)6-7-13/h4-5,8,12-13H,3,6-7H2,1-2H3. The van der Waals surface area contributed by atoms with Crippen LogP contribution in [0.1, 0.15) is 12.5 Å². The molecule has 0 aliphatic rings. The van der Waals surface area contributed by atoms with Gasteiger partial charge in [-0.25, -0.2) is 0 Å². The number of aliphatic hydroxyl groups is 1. The van der Waals surface area contributed by atoms with Crippen LogP contribution >= 0.6 is 0 Å². The van der Waals surface area contributed by atoms with E-state index in [-0.39, 0.29) is 6.61 Å². The predicted molar refractivity (Wildman–Crippen MR) is 57.9 cm³/mol. The van der Waals surface area contributed by atoms with Gasteiger partial charge in [0.15, 0.2) is 0 Å². The van der Waals surface area contributed by atoms with E-state index < -0.39 is 0 Å². The van der Waals surface area contributed by atoms with Gasteiger partial charge in [-0.1, -0.05) is 6.07 Å². The number of benzene rings is 1. The summed E-state index contributed by atoms with van der Waals surface area (Å²) >= 11 is 0. The minimum absolute atomic E-state index is 0.171. The number of nitrogens with one attached hydrogen (secondary N) is 1. The summed E-state index contributed by atoms with van der Waals surface area (Å²) < 4.78 is 5.13. The van der Waals surface area contributed by atoms with Crippen LogP contribution in [0.2, 0.25) is 0 Å². The zero-order valence-corrected chi connectivity index (χ0v) is 8.71. The normalized spacial score (nSPS) is 9.93. The van der Waals surface area contributed by atoms with E-state index in [0.29, 0.717) is 6.42 Å². The van der Waals surface area contributed by atoms with Gasteiger partial charge in [-0.3, -0.25) is 0 Å². The molecular weight excluding hydrogens is 178 g/mol. The first kappa shape index (κ1) is 10.9. The maximum atomic E-state index is 8.88. The predicted octanol–water partition coefficient (Wildman–Crippen LogP) is 1.66. The highest BCUT2D eigenvalue weighted by molar-refractivity contribution is 5.55. The fourth-order valence-electron chi connectivity index (χ4n) is 1.38. The van der Waals surface area contributed by atoms with Crippen molar-refractivity contribution in [3.63, 3.8) is 0 Å². The SMILES string of the molecule is CCNc1cc(OC)ccc1CCO. The van der Waals surface area contributed by atoms with Gasteiger partial charge in [-0.15, -0.1) is 0 Å². The lowest BCUT2D eigenvalue weighted by Gasteiger charge is -2.11. The van der Waals surface area contributed by atoms with Crippen molar-refractivity contribution in [2.24, 2.45) is 0 Å². The Labute approximate surface area is 84.7 Å². The molecule has 0 bridgehead atoms. The molecule has 0 saturated carbocycles. The lowest BCUT2D eigenvalue weighted by molar-refractivity contribution is 0.299. The minimum atomic E-state index is 0.171. The number of ether oxygens (including phenoxy) is 1. The Morgan fingerprint density at radius 1 is 1.43 bits per heavy atom. The van der Waals surface area contributed by atoms with Gasteiger partial charge in [-0.05, 0) is 25.0 Å². The Morgan fingerprint density at radius 2 is 2.21 bits per heavy atom. The van der Waals surface area contributed by atoms with Gasteiger partial charge in [0, 0.05) is 24.9 Å². The fraction of sp³-hybridized carbons (Fsp3) is 0.455. The fourth-order valence-corrected chi connectivity index (χ4v) is 1.38. The van der Waals surface area contributed by atoms with Gasteiger partial charge in [0.05, 0.1) is 7.11 Å².